The smallest absolute Gasteiger partial charge is 0.227 e. The fraction of sp³-hybridized carbons (Fsp3) is 0.645. The van der Waals surface area contributed by atoms with Crippen LogP contribution in [-0.4, -0.2) is 101 Å². The Labute approximate surface area is 247 Å². The van der Waals surface area contributed by atoms with Crippen LogP contribution in [0.2, 0.25) is 0 Å². The molecule has 0 aliphatic carbocycles. The van der Waals surface area contributed by atoms with E-state index in [4.69, 9.17) is 14.9 Å². The molecule has 11 heteroatoms. The van der Waals surface area contributed by atoms with E-state index in [0.29, 0.717) is 43.5 Å². The van der Waals surface area contributed by atoms with E-state index >= 15 is 0 Å². The van der Waals surface area contributed by atoms with Crippen molar-refractivity contribution in [3.8, 4) is 5.75 Å². The summed E-state index contributed by atoms with van der Waals surface area (Å²) < 4.78 is 20.5. The van der Waals surface area contributed by atoms with Crippen molar-refractivity contribution in [1.82, 2.24) is 20.2 Å². The van der Waals surface area contributed by atoms with Crippen LogP contribution in [0.1, 0.15) is 50.2 Å². The Hall–Kier alpha value is -2.86. The van der Waals surface area contributed by atoms with Gasteiger partial charge in [-0.2, -0.15) is 0 Å². The molecule has 0 bridgehead atoms. The zero-order chi connectivity index (χ0) is 30.0. The lowest BCUT2D eigenvalue weighted by atomic mass is 9.92. The van der Waals surface area contributed by atoms with Crippen LogP contribution in [-0.2, 0) is 17.6 Å². The van der Waals surface area contributed by atoms with Gasteiger partial charge in [-0.3, -0.25) is 4.79 Å². The minimum atomic E-state index is -1.55. The van der Waals surface area contributed by atoms with Gasteiger partial charge in [0.1, 0.15) is 17.2 Å². The number of halogens is 1. The Morgan fingerprint density at radius 1 is 1.14 bits per heavy atom. The second-order valence-electron chi connectivity index (χ2n) is 11.8. The molecule has 2 aliphatic heterocycles. The summed E-state index contributed by atoms with van der Waals surface area (Å²) in [7, 11) is 0. The number of aliphatic hydroxyl groups is 3. The quantitative estimate of drug-likeness (QED) is 0.218. The molecule has 2 saturated heterocycles. The van der Waals surface area contributed by atoms with Gasteiger partial charge in [-0.25, -0.2) is 14.4 Å². The minimum Gasteiger partial charge on any atom is -0.493 e. The first-order chi connectivity index (χ1) is 20.3. The number of carbonyl (C=O) groups excluding carboxylic acids is 1. The third-order valence-corrected chi connectivity index (χ3v) is 8.30. The van der Waals surface area contributed by atoms with Gasteiger partial charge in [0.2, 0.25) is 11.9 Å². The van der Waals surface area contributed by atoms with Crippen molar-refractivity contribution in [3.63, 3.8) is 0 Å². The lowest BCUT2D eigenvalue weighted by Gasteiger charge is -2.40. The number of hydrogen-bond donors (Lipinski definition) is 4. The molecule has 232 valence electrons. The van der Waals surface area contributed by atoms with E-state index in [1.165, 1.54) is 11.6 Å². The molecular weight excluding hydrogens is 541 g/mol. The minimum absolute atomic E-state index is 0.00629. The molecule has 1 aromatic carbocycles. The van der Waals surface area contributed by atoms with Crippen molar-refractivity contribution < 1.29 is 29.2 Å². The van der Waals surface area contributed by atoms with E-state index in [0.717, 1.165) is 57.6 Å². The zero-order valence-corrected chi connectivity index (χ0v) is 24.7. The maximum Gasteiger partial charge on any atom is 0.227 e. The van der Waals surface area contributed by atoms with Gasteiger partial charge < -0.3 is 35.2 Å². The normalized spacial score (nSPS) is 16.5. The Kier molecular flexibility index (Phi) is 11.9. The highest BCUT2D eigenvalue weighted by atomic mass is 19.1. The Balaban J connectivity index is 1.09. The summed E-state index contributed by atoms with van der Waals surface area (Å²) in [6.07, 6.45) is 10.1. The Bertz CT molecular complexity index is 1120. The number of nitrogens with one attached hydrogen (secondary N) is 1. The van der Waals surface area contributed by atoms with E-state index in [1.54, 1.807) is 17.0 Å². The van der Waals surface area contributed by atoms with Crippen molar-refractivity contribution in [1.29, 1.82) is 0 Å². The second-order valence-corrected chi connectivity index (χ2v) is 11.8. The fourth-order valence-electron chi connectivity index (χ4n) is 5.52. The fourth-order valence-corrected chi connectivity index (χ4v) is 5.52. The molecule has 2 aliphatic rings. The number of rotatable bonds is 16. The van der Waals surface area contributed by atoms with Gasteiger partial charge in [0.15, 0.2) is 0 Å². The molecule has 4 N–H and O–H groups in total. The van der Waals surface area contributed by atoms with Gasteiger partial charge in [0.05, 0.1) is 26.2 Å². The van der Waals surface area contributed by atoms with Crippen LogP contribution in [0.5, 0.6) is 5.75 Å². The van der Waals surface area contributed by atoms with Crippen LogP contribution in [0, 0.1) is 17.7 Å². The van der Waals surface area contributed by atoms with E-state index in [1.807, 2.05) is 12.4 Å². The molecule has 0 atom stereocenters. The molecule has 1 amide bonds. The first kappa shape index (κ1) is 32.1. The van der Waals surface area contributed by atoms with Crippen molar-refractivity contribution in [2.75, 3.05) is 64.0 Å². The summed E-state index contributed by atoms with van der Waals surface area (Å²) in [4.78, 5) is 25.6. The molecule has 0 saturated carbocycles. The number of aromatic nitrogens is 2. The molecular formula is C31H46FN5O5. The van der Waals surface area contributed by atoms with Crippen LogP contribution in [0.25, 0.3) is 0 Å². The summed E-state index contributed by atoms with van der Waals surface area (Å²) in [5, 5.41) is 31.2. The number of amides is 1. The second kappa shape index (κ2) is 15.6. The van der Waals surface area contributed by atoms with Crippen molar-refractivity contribution in [2.45, 2.75) is 57.5 Å². The van der Waals surface area contributed by atoms with E-state index in [-0.39, 0.29) is 24.8 Å². The summed E-state index contributed by atoms with van der Waals surface area (Å²) in [5.41, 5.74) is -0.0233. The molecule has 1 aromatic heterocycles. The number of piperidine rings is 1. The summed E-state index contributed by atoms with van der Waals surface area (Å²) >= 11 is 0. The summed E-state index contributed by atoms with van der Waals surface area (Å²) in [6.45, 7) is 5.23. The highest BCUT2D eigenvalue weighted by Crippen LogP contribution is 2.25. The molecule has 0 radical (unpaired) electrons. The number of anilines is 1. The zero-order valence-electron chi connectivity index (χ0n) is 24.7. The number of benzene rings is 1. The predicted molar refractivity (Wildman–Crippen MR) is 158 cm³/mol. The van der Waals surface area contributed by atoms with Crippen LogP contribution >= 0.6 is 0 Å². The predicted octanol–water partition coefficient (Wildman–Crippen LogP) is 1.95. The van der Waals surface area contributed by atoms with Gasteiger partial charge in [-0.1, -0.05) is 19.4 Å². The molecule has 0 unspecified atom stereocenters. The van der Waals surface area contributed by atoms with Gasteiger partial charge in [-0.05, 0) is 55.2 Å². The Morgan fingerprint density at radius 2 is 1.86 bits per heavy atom. The Morgan fingerprint density at radius 3 is 2.50 bits per heavy atom. The van der Waals surface area contributed by atoms with Crippen LogP contribution in [0.15, 0.2) is 30.6 Å². The lowest BCUT2D eigenvalue weighted by molar-refractivity contribution is -0.136. The molecule has 3 heterocycles. The van der Waals surface area contributed by atoms with E-state index in [9.17, 15) is 14.3 Å². The third kappa shape index (κ3) is 9.07. The number of nitrogens with zero attached hydrogens (tertiary/aromatic N) is 4. The molecule has 4 rings (SSSR count). The molecule has 0 spiro atoms. The number of carbonyl (C=O) groups is 1. The molecule has 10 nitrogen and oxygen atoms in total. The van der Waals surface area contributed by atoms with Gasteiger partial charge >= 0.3 is 0 Å². The van der Waals surface area contributed by atoms with Gasteiger partial charge in [0, 0.05) is 63.6 Å². The standard InChI is InChI=1S/C31H46FN5O5/c1-2-4-24-16-34-30(35-17-24)36-10-8-23(9-11-36)5-3-12-42-27-7-6-26(28(32)14-27)13-29(40)37-18-25(19-37)15-33-20-31(41,21-38)22-39/h6-7,14,16-17,23,25,33,38-39,41H,2-5,8-13,15,18-22H2,1H3. The van der Waals surface area contributed by atoms with Crippen LogP contribution in [0.3, 0.4) is 0 Å². The SMILES string of the molecule is CCCc1cnc(N2CCC(CCCOc3ccc(CC(=O)N4CC(CNCC(O)(CO)CO)C4)c(F)c3)CC2)nc1. The monoisotopic (exact) mass is 587 g/mol. The third-order valence-electron chi connectivity index (χ3n) is 8.30. The highest BCUT2D eigenvalue weighted by molar-refractivity contribution is 5.79. The largest absolute Gasteiger partial charge is 0.493 e. The van der Waals surface area contributed by atoms with Crippen molar-refractivity contribution >= 4 is 11.9 Å². The van der Waals surface area contributed by atoms with E-state index < -0.39 is 24.6 Å². The van der Waals surface area contributed by atoms with E-state index in [2.05, 4.69) is 27.1 Å². The molecule has 2 aromatic rings. The molecule has 2 fully saturated rings. The lowest BCUT2D eigenvalue weighted by Crippen LogP contribution is -2.55. The van der Waals surface area contributed by atoms with Crippen LogP contribution < -0.4 is 15.0 Å². The first-order valence-corrected chi connectivity index (χ1v) is 15.2. The topological polar surface area (TPSA) is 131 Å². The number of aryl methyl sites for hydroxylation is 1. The first-order valence-electron chi connectivity index (χ1n) is 15.2. The van der Waals surface area contributed by atoms with Crippen LogP contribution in [0.4, 0.5) is 10.3 Å². The summed E-state index contributed by atoms with van der Waals surface area (Å²) in [6, 6.07) is 4.71. The average Bonchev–Trinajstić information content (AvgIpc) is 2.98. The number of aliphatic hydroxyl groups excluding tert-OH is 2. The number of ether oxygens (including phenoxy) is 1. The maximum atomic E-state index is 14.7. The van der Waals surface area contributed by atoms with Crippen molar-refractivity contribution in [2.24, 2.45) is 11.8 Å². The number of likely N-dealkylation sites (tertiary alicyclic amines) is 1. The maximum absolute atomic E-state index is 14.7. The number of hydrogen-bond acceptors (Lipinski definition) is 9. The summed E-state index contributed by atoms with van der Waals surface area (Å²) in [5.74, 6) is 1.56. The molecule has 42 heavy (non-hydrogen) atoms. The van der Waals surface area contributed by atoms with Crippen molar-refractivity contribution in [3.05, 3.63) is 47.5 Å². The van der Waals surface area contributed by atoms with Gasteiger partial charge in [0.25, 0.3) is 0 Å². The van der Waals surface area contributed by atoms with Gasteiger partial charge in [-0.15, -0.1) is 0 Å². The average molecular weight is 588 g/mol. The highest BCUT2D eigenvalue weighted by Gasteiger charge is 2.32.